The summed E-state index contributed by atoms with van der Waals surface area (Å²) in [6.45, 7) is 9.56. The number of esters is 6. The lowest BCUT2D eigenvalue weighted by Crippen LogP contribution is -2.69. The van der Waals surface area contributed by atoms with E-state index < -0.39 is 144 Å². The summed E-state index contributed by atoms with van der Waals surface area (Å²) >= 11 is 0. The fraction of sp³-hybridized carbons (Fsp3) is 0.750. The monoisotopic (exact) mass is 976 g/mol. The van der Waals surface area contributed by atoms with Gasteiger partial charge < -0.3 is 66.8 Å². The van der Waals surface area contributed by atoms with Gasteiger partial charge in [0.05, 0.1) is 41.7 Å². The Morgan fingerprint density at radius 3 is 1.83 bits per heavy atom. The maximum Gasteiger partial charge on any atom is 0.335 e. The van der Waals surface area contributed by atoms with Crippen molar-refractivity contribution in [1.29, 1.82) is 0 Å². The van der Waals surface area contributed by atoms with Crippen LogP contribution in [0.25, 0.3) is 0 Å². The fourth-order valence-electron chi connectivity index (χ4n) is 13.0. The van der Waals surface area contributed by atoms with Gasteiger partial charge in [0.15, 0.2) is 49.2 Å². The Morgan fingerprint density at radius 1 is 0.681 bits per heavy atom. The van der Waals surface area contributed by atoms with Gasteiger partial charge >= 0.3 is 41.4 Å². The Morgan fingerprint density at radius 2 is 1.23 bits per heavy atom. The summed E-state index contributed by atoms with van der Waals surface area (Å²) in [6, 6.07) is 3.24. The average molecular weight is 977 g/mol. The number of aldehydes is 1. The molecule has 2 saturated heterocycles. The second kappa shape index (κ2) is 20.1. The van der Waals surface area contributed by atoms with Gasteiger partial charge in [0.25, 0.3) is 0 Å². The van der Waals surface area contributed by atoms with E-state index in [1.165, 1.54) is 19.3 Å². The molecule has 4 saturated carbocycles. The largest absolute Gasteiger partial charge is 0.456 e. The highest BCUT2D eigenvalue weighted by molar-refractivity contribution is 5.69. The van der Waals surface area contributed by atoms with Crippen LogP contribution in [0.2, 0.25) is 0 Å². The zero-order valence-electron chi connectivity index (χ0n) is 40.1. The molecule has 7 rings (SSSR count). The van der Waals surface area contributed by atoms with E-state index in [0.717, 1.165) is 53.4 Å². The van der Waals surface area contributed by atoms with E-state index in [4.69, 9.17) is 51.8 Å². The molecule has 2 aliphatic heterocycles. The van der Waals surface area contributed by atoms with Crippen molar-refractivity contribution in [2.75, 3.05) is 6.61 Å². The fourth-order valence-corrected chi connectivity index (χ4v) is 13.0. The quantitative estimate of drug-likeness (QED) is 0.124. The van der Waals surface area contributed by atoms with Gasteiger partial charge in [0.2, 0.25) is 0 Å². The molecule has 69 heavy (non-hydrogen) atoms. The topological polar surface area (TPSA) is 282 Å². The maximum absolute atomic E-state index is 13.6. The average Bonchev–Trinajstić information content (AvgIpc) is 3.54. The van der Waals surface area contributed by atoms with E-state index in [9.17, 15) is 48.6 Å². The molecule has 6 fully saturated rings. The van der Waals surface area contributed by atoms with E-state index in [2.05, 4.69) is 0 Å². The number of carbonyl (C=O) groups is 7. The predicted octanol–water partition coefficient (Wildman–Crippen LogP) is 2.64. The molecule has 1 aromatic heterocycles. The first-order chi connectivity index (χ1) is 32.4. The minimum atomic E-state index is -1.62. The van der Waals surface area contributed by atoms with Crippen molar-refractivity contribution in [3.8, 4) is 0 Å². The van der Waals surface area contributed by atoms with Gasteiger partial charge in [-0.25, -0.2) is 4.79 Å². The van der Waals surface area contributed by atoms with Crippen LogP contribution in [-0.4, -0.2) is 138 Å². The van der Waals surface area contributed by atoms with E-state index in [-0.39, 0.29) is 37.5 Å². The van der Waals surface area contributed by atoms with Crippen LogP contribution in [-0.2, 0) is 80.9 Å². The molecule has 3 heterocycles. The van der Waals surface area contributed by atoms with E-state index in [1.54, 1.807) is 6.07 Å². The summed E-state index contributed by atoms with van der Waals surface area (Å²) in [5.74, 6) is -5.79. The molecule has 6 aliphatic rings. The molecular formula is C48H64O21. The lowest BCUT2D eigenvalue weighted by molar-refractivity contribution is -0.341. The van der Waals surface area contributed by atoms with Crippen LogP contribution in [0.15, 0.2) is 27.6 Å². The number of aliphatic hydroxyl groups is 2. The van der Waals surface area contributed by atoms with Crippen molar-refractivity contribution in [3.05, 3.63) is 34.4 Å². The Balaban J connectivity index is 1.15. The Kier molecular flexibility index (Phi) is 15.2. The molecule has 2 N–H and O–H groups in total. The molecule has 21 nitrogen and oxygen atoms in total. The zero-order chi connectivity index (χ0) is 50.4. The molecule has 0 amide bonds. The second-order valence-electron chi connectivity index (χ2n) is 19.8. The lowest BCUT2D eigenvalue weighted by atomic mass is 9.41. The number of hydrogen-bond acceptors (Lipinski definition) is 21. The Bertz CT molecular complexity index is 2190. The number of carbonyl (C=O) groups excluding carboxylic acids is 7. The summed E-state index contributed by atoms with van der Waals surface area (Å²) < 4.78 is 63.7. The number of ether oxygens (including phenoxy) is 10. The summed E-state index contributed by atoms with van der Waals surface area (Å²) in [5.41, 5.74) is -4.38. The highest BCUT2D eigenvalue weighted by Gasteiger charge is 2.71. The third kappa shape index (κ3) is 9.96. The molecule has 0 spiro atoms. The predicted molar refractivity (Wildman–Crippen MR) is 230 cm³/mol. The van der Waals surface area contributed by atoms with Crippen LogP contribution in [0.5, 0.6) is 0 Å². The summed E-state index contributed by atoms with van der Waals surface area (Å²) in [4.78, 5) is 101. The van der Waals surface area contributed by atoms with Crippen molar-refractivity contribution < 1.29 is 95.6 Å². The van der Waals surface area contributed by atoms with Crippen molar-refractivity contribution >= 4 is 42.1 Å². The van der Waals surface area contributed by atoms with Crippen LogP contribution in [0.4, 0.5) is 0 Å². The van der Waals surface area contributed by atoms with Crippen molar-refractivity contribution in [1.82, 2.24) is 0 Å². The Labute approximate surface area is 398 Å². The highest BCUT2D eigenvalue weighted by Crippen LogP contribution is 2.71. The van der Waals surface area contributed by atoms with Gasteiger partial charge in [0, 0.05) is 59.4 Å². The summed E-state index contributed by atoms with van der Waals surface area (Å²) in [5, 5.41) is 25.5. The smallest absolute Gasteiger partial charge is 0.335 e. The van der Waals surface area contributed by atoms with Gasteiger partial charge in [0.1, 0.15) is 12.4 Å². The maximum atomic E-state index is 13.6. The van der Waals surface area contributed by atoms with E-state index in [1.807, 2.05) is 6.92 Å². The molecule has 21 heteroatoms. The third-order valence-corrected chi connectivity index (χ3v) is 15.7. The minimum Gasteiger partial charge on any atom is -0.456 e. The molecule has 0 bridgehead atoms. The molecule has 4 aliphatic carbocycles. The minimum absolute atomic E-state index is 0.0780. The van der Waals surface area contributed by atoms with Gasteiger partial charge in [-0.05, 0) is 87.7 Å². The van der Waals surface area contributed by atoms with Crippen LogP contribution in [0.1, 0.15) is 125 Å². The van der Waals surface area contributed by atoms with Gasteiger partial charge in [-0.1, -0.05) is 6.92 Å². The van der Waals surface area contributed by atoms with Gasteiger partial charge in [-0.3, -0.25) is 28.8 Å². The zero-order valence-corrected chi connectivity index (χ0v) is 40.1. The van der Waals surface area contributed by atoms with Gasteiger partial charge in [-0.2, -0.15) is 0 Å². The van der Waals surface area contributed by atoms with Crippen molar-refractivity contribution in [2.24, 2.45) is 22.7 Å². The SMILES string of the molecule is CC(=O)O[C@@H]1[C@@H](OC(C)=O)[C@@H](C)O[C@H](OC[C@@H]2O[C@@H](O[C@@H]3CC[C@]4(C=O)[C@@H]5CC[C@]6(C)[C@H](c7ccoc(=O)c7)CC[C@]6(O)[C@H]5CC[C@@]4(O)C3)[C@H](OC(C)=O)[C@@H](OC(C)=O)[C@H]2OC(C)=O)[C@@H]1OC(C)=O. The molecule has 0 radical (unpaired) electrons. The highest BCUT2D eigenvalue weighted by atomic mass is 16.8. The molecule has 1 aromatic rings. The van der Waals surface area contributed by atoms with Crippen LogP contribution in [0.3, 0.4) is 0 Å². The number of hydrogen-bond donors (Lipinski definition) is 2. The first-order valence-electron chi connectivity index (χ1n) is 23.6. The molecule has 0 unspecified atom stereocenters. The number of rotatable bonds is 13. The van der Waals surface area contributed by atoms with Gasteiger partial charge in [-0.15, -0.1) is 0 Å². The normalized spacial score (nSPS) is 41.4. The first kappa shape index (κ1) is 52.0. The lowest BCUT2D eigenvalue weighted by Gasteiger charge is -2.65. The Hall–Kier alpha value is -4.80. The standard InChI is InChI=1S/C48H64O21/c1-23-37(62-24(2)50)39(64-26(4)52)41(66-28(6)54)43(61-23)60-21-35-38(63-25(3)51)40(65-27(5)53)42(67-29(7)55)44(69-35)68-31-9-15-46(22-49)33-10-14-45(8)32(30-13-18-59-36(56)19-30)12-17-48(45,58)34(33)11-16-47(46,57)20-31/h13,18-19,22-23,31-35,37-44,57-58H,9-12,14-17,20-21H2,1-8H3/t23-,31-,32+,33-,34+,35+,37+,38+,39-,40+,41-,42-,43+,44-,45-,46+,47-,48+/m1/s1. The summed E-state index contributed by atoms with van der Waals surface area (Å²) in [6.07, 6.45) is -10.1. The number of fused-ring (bicyclic) bond motifs is 5. The first-order valence-corrected chi connectivity index (χ1v) is 23.6. The molecule has 18 atom stereocenters. The molecule has 0 aromatic carbocycles. The van der Waals surface area contributed by atoms with Crippen molar-refractivity contribution in [2.45, 2.75) is 198 Å². The van der Waals surface area contributed by atoms with E-state index in [0.29, 0.717) is 32.1 Å². The third-order valence-electron chi connectivity index (χ3n) is 15.7. The summed E-state index contributed by atoms with van der Waals surface area (Å²) in [7, 11) is 0. The van der Waals surface area contributed by atoms with Crippen LogP contribution >= 0.6 is 0 Å². The van der Waals surface area contributed by atoms with Crippen molar-refractivity contribution in [3.63, 3.8) is 0 Å². The van der Waals surface area contributed by atoms with Crippen LogP contribution < -0.4 is 5.63 Å². The van der Waals surface area contributed by atoms with Crippen LogP contribution in [0, 0.1) is 22.7 Å². The second-order valence-corrected chi connectivity index (χ2v) is 19.8. The molecule has 382 valence electrons. The van der Waals surface area contributed by atoms with E-state index >= 15 is 0 Å². The molecular weight excluding hydrogens is 913 g/mol.